The second-order valence-corrected chi connectivity index (χ2v) is 8.79. The van der Waals surface area contributed by atoms with Gasteiger partial charge in [-0.3, -0.25) is 0 Å². The van der Waals surface area contributed by atoms with Crippen LogP contribution in [0.4, 0.5) is 0 Å². The molecule has 3 aromatic rings. The summed E-state index contributed by atoms with van der Waals surface area (Å²) in [5.74, 6) is 0.926. The van der Waals surface area contributed by atoms with Crippen molar-refractivity contribution in [2.75, 3.05) is 19.4 Å². The quantitative estimate of drug-likeness (QED) is 0.569. The second kappa shape index (κ2) is 8.26. The molecule has 0 aliphatic rings. The van der Waals surface area contributed by atoms with E-state index in [1.165, 1.54) is 17.6 Å². The average molecular weight is 408 g/mol. The number of aryl methyl sites for hydroxylation is 1. The number of aliphatic hydroxyl groups is 1. The Balaban J connectivity index is 1.67. The fourth-order valence-corrected chi connectivity index (χ4v) is 4.48. The monoisotopic (exact) mass is 407 g/mol. The molecular formula is C19H21NO5S2. The predicted molar refractivity (Wildman–Crippen MR) is 105 cm³/mol. The summed E-state index contributed by atoms with van der Waals surface area (Å²) in [7, 11) is -2.01. The van der Waals surface area contributed by atoms with Crippen LogP contribution in [0.1, 0.15) is 16.9 Å². The minimum atomic E-state index is -3.59. The second-order valence-electron chi connectivity index (χ2n) is 6.09. The molecule has 0 fully saturated rings. The average Bonchev–Trinajstić information content (AvgIpc) is 3.39. The molecule has 144 valence electrons. The molecule has 2 heterocycles. The summed E-state index contributed by atoms with van der Waals surface area (Å²) in [5.41, 5.74) is -0.0861. The zero-order chi connectivity index (χ0) is 19.3. The summed E-state index contributed by atoms with van der Waals surface area (Å²) < 4.78 is 37.8. The first-order chi connectivity index (χ1) is 12.9. The van der Waals surface area contributed by atoms with Crippen LogP contribution in [0.2, 0.25) is 0 Å². The van der Waals surface area contributed by atoms with Crippen molar-refractivity contribution in [3.8, 4) is 5.75 Å². The molecule has 0 radical (unpaired) electrons. The van der Waals surface area contributed by atoms with Crippen molar-refractivity contribution in [2.45, 2.75) is 12.0 Å². The van der Waals surface area contributed by atoms with Gasteiger partial charge in [-0.05, 0) is 53.1 Å². The number of sulfonamides is 1. The van der Waals surface area contributed by atoms with Crippen LogP contribution in [0.3, 0.4) is 0 Å². The first-order valence-electron chi connectivity index (χ1n) is 8.32. The van der Waals surface area contributed by atoms with Gasteiger partial charge in [-0.2, -0.15) is 11.3 Å². The SMILES string of the molecule is COc1ccc(CCS(=O)(=O)NC[C@@](O)(c2ccsc2)c2ccco2)cc1. The molecule has 0 saturated carbocycles. The summed E-state index contributed by atoms with van der Waals surface area (Å²) >= 11 is 1.42. The Morgan fingerprint density at radius 1 is 1.22 bits per heavy atom. The minimum absolute atomic E-state index is 0.0861. The molecule has 0 aliphatic heterocycles. The maximum Gasteiger partial charge on any atom is 0.212 e. The molecular weight excluding hydrogens is 386 g/mol. The molecule has 1 aromatic carbocycles. The van der Waals surface area contributed by atoms with Gasteiger partial charge < -0.3 is 14.3 Å². The number of ether oxygens (including phenoxy) is 1. The lowest BCUT2D eigenvalue weighted by Crippen LogP contribution is -2.42. The Kier molecular flexibility index (Phi) is 6.01. The summed E-state index contributed by atoms with van der Waals surface area (Å²) in [4.78, 5) is 0. The van der Waals surface area contributed by atoms with E-state index in [1.807, 2.05) is 17.5 Å². The van der Waals surface area contributed by atoms with Crippen molar-refractivity contribution >= 4 is 21.4 Å². The number of hydrogen-bond acceptors (Lipinski definition) is 6. The fourth-order valence-electron chi connectivity index (χ4n) is 2.68. The molecule has 6 nitrogen and oxygen atoms in total. The topological polar surface area (TPSA) is 88.8 Å². The van der Waals surface area contributed by atoms with Crippen LogP contribution < -0.4 is 9.46 Å². The van der Waals surface area contributed by atoms with Crippen LogP contribution in [0.15, 0.2) is 63.9 Å². The maximum atomic E-state index is 12.4. The van der Waals surface area contributed by atoms with Gasteiger partial charge in [0.25, 0.3) is 0 Å². The van der Waals surface area contributed by atoms with E-state index in [0.29, 0.717) is 17.7 Å². The van der Waals surface area contributed by atoms with Crippen molar-refractivity contribution in [3.05, 3.63) is 76.4 Å². The molecule has 3 rings (SSSR count). The molecule has 1 atom stereocenters. The number of methoxy groups -OCH3 is 1. The molecule has 0 saturated heterocycles. The molecule has 8 heteroatoms. The van der Waals surface area contributed by atoms with Gasteiger partial charge in [0.15, 0.2) is 5.60 Å². The van der Waals surface area contributed by atoms with Crippen molar-refractivity contribution in [1.82, 2.24) is 4.72 Å². The molecule has 27 heavy (non-hydrogen) atoms. The standard InChI is InChI=1S/C19H21NO5S2/c1-24-17-6-4-15(5-7-17)9-12-27(22,23)20-14-19(21,16-8-11-26-13-16)18-3-2-10-25-18/h2-8,10-11,13,20-21H,9,12,14H2,1H3/t19-/m1/s1. The molecule has 2 aromatic heterocycles. The Bertz CT molecular complexity index is 898. The number of rotatable bonds is 9. The van der Waals surface area contributed by atoms with E-state index in [1.54, 1.807) is 42.8 Å². The first kappa shape index (κ1) is 19.6. The number of benzene rings is 1. The number of hydrogen-bond donors (Lipinski definition) is 2. The molecule has 0 spiro atoms. The molecule has 0 bridgehead atoms. The summed E-state index contributed by atoms with van der Waals surface area (Å²) in [6.45, 7) is -0.206. The number of furan rings is 1. The van der Waals surface area contributed by atoms with E-state index in [2.05, 4.69) is 4.72 Å². The van der Waals surface area contributed by atoms with Crippen LogP contribution in [-0.2, 0) is 22.0 Å². The van der Waals surface area contributed by atoms with Gasteiger partial charge in [0, 0.05) is 5.56 Å². The highest BCUT2D eigenvalue weighted by Crippen LogP contribution is 2.31. The lowest BCUT2D eigenvalue weighted by molar-refractivity contribution is 0.0623. The minimum Gasteiger partial charge on any atom is -0.497 e. The van der Waals surface area contributed by atoms with E-state index < -0.39 is 15.6 Å². The van der Waals surface area contributed by atoms with Crippen LogP contribution in [-0.4, -0.2) is 32.9 Å². The number of nitrogens with one attached hydrogen (secondary N) is 1. The van der Waals surface area contributed by atoms with Gasteiger partial charge >= 0.3 is 0 Å². The third-order valence-electron chi connectivity index (χ3n) is 4.29. The highest BCUT2D eigenvalue weighted by molar-refractivity contribution is 7.89. The maximum absolute atomic E-state index is 12.4. The number of thiophene rings is 1. The van der Waals surface area contributed by atoms with Gasteiger partial charge in [0.1, 0.15) is 11.5 Å². The van der Waals surface area contributed by atoms with Crippen LogP contribution in [0.25, 0.3) is 0 Å². The predicted octanol–water partition coefficient (Wildman–Crippen LogP) is 2.75. The van der Waals surface area contributed by atoms with Crippen molar-refractivity contribution in [3.63, 3.8) is 0 Å². The van der Waals surface area contributed by atoms with E-state index in [-0.39, 0.29) is 12.3 Å². The van der Waals surface area contributed by atoms with Gasteiger partial charge in [0.05, 0.1) is 25.7 Å². The third-order valence-corrected chi connectivity index (χ3v) is 6.30. The van der Waals surface area contributed by atoms with E-state index in [0.717, 1.165) is 11.3 Å². The first-order valence-corrected chi connectivity index (χ1v) is 10.9. The van der Waals surface area contributed by atoms with Crippen LogP contribution >= 0.6 is 11.3 Å². The van der Waals surface area contributed by atoms with Gasteiger partial charge in [-0.15, -0.1) is 0 Å². The van der Waals surface area contributed by atoms with Gasteiger partial charge in [0.2, 0.25) is 10.0 Å². The zero-order valence-corrected chi connectivity index (χ0v) is 16.4. The Hall–Kier alpha value is -2.13. The van der Waals surface area contributed by atoms with E-state index in [9.17, 15) is 13.5 Å². The largest absolute Gasteiger partial charge is 0.497 e. The zero-order valence-electron chi connectivity index (χ0n) is 14.8. The normalized spacial score (nSPS) is 14.0. The summed E-state index contributed by atoms with van der Waals surface area (Å²) in [5, 5.41) is 14.7. The Labute approximate surface area is 162 Å². The van der Waals surface area contributed by atoms with Gasteiger partial charge in [-0.25, -0.2) is 13.1 Å². The summed E-state index contributed by atoms with van der Waals surface area (Å²) in [6.07, 6.45) is 1.81. The highest BCUT2D eigenvalue weighted by atomic mass is 32.2. The molecule has 0 aliphatic carbocycles. The smallest absolute Gasteiger partial charge is 0.212 e. The van der Waals surface area contributed by atoms with Crippen molar-refractivity contribution in [1.29, 1.82) is 0 Å². The van der Waals surface area contributed by atoms with E-state index >= 15 is 0 Å². The van der Waals surface area contributed by atoms with Crippen LogP contribution in [0.5, 0.6) is 5.75 Å². The lowest BCUT2D eigenvalue weighted by atomic mass is 9.94. The van der Waals surface area contributed by atoms with Crippen LogP contribution in [0, 0.1) is 0 Å². The highest BCUT2D eigenvalue weighted by Gasteiger charge is 2.36. The fraction of sp³-hybridized carbons (Fsp3) is 0.263. The molecule has 2 N–H and O–H groups in total. The Morgan fingerprint density at radius 3 is 2.59 bits per heavy atom. The summed E-state index contributed by atoms with van der Waals surface area (Å²) in [6, 6.07) is 12.3. The molecule has 0 amide bonds. The molecule has 0 unspecified atom stereocenters. The lowest BCUT2D eigenvalue weighted by Gasteiger charge is -2.25. The van der Waals surface area contributed by atoms with Crippen molar-refractivity contribution < 1.29 is 22.7 Å². The van der Waals surface area contributed by atoms with Gasteiger partial charge in [-0.1, -0.05) is 12.1 Å². The Morgan fingerprint density at radius 2 is 2.00 bits per heavy atom. The third kappa shape index (κ3) is 4.78. The van der Waals surface area contributed by atoms with Crippen molar-refractivity contribution in [2.24, 2.45) is 0 Å². The van der Waals surface area contributed by atoms with E-state index in [4.69, 9.17) is 9.15 Å².